The summed E-state index contributed by atoms with van der Waals surface area (Å²) < 4.78 is 8.65. The minimum atomic E-state index is -0.727. The molecular formula is C29H25ClN4O3S2. The number of hydrogen-bond acceptors (Lipinski definition) is 8. The molecule has 0 aliphatic carbocycles. The lowest BCUT2D eigenvalue weighted by Crippen LogP contribution is -2.49. The number of ether oxygens (including phenoxy) is 1. The zero-order chi connectivity index (χ0) is 27.4. The molecule has 2 fully saturated rings. The molecule has 0 spiro atoms. The van der Waals surface area contributed by atoms with Gasteiger partial charge in [0.05, 0.1) is 50.0 Å². The van der Waals surface area contributed by atoms with Gasteiger partial charge in [0.2, 0.25) is 5.91 Å². The molecule has 6 rings (SSSR count). The second-order valence-corrected chi connectivity index (χ2v) is 13.2. The maximum absolute atomic E-state index is 14.0. The van der Waals surface area contributed by atoms with Crippen LogP contribution < -0.4 is 4.90 Å². The van der Waals surface area contributed by atoms with Crippen molar-refractivity contribution in [2.45, 2.75) is 41.7 Å². The van der Waals surface area contributed by atoms with Crippen molar-refractivity contribution >= 4 is 73.7 Å². The Kier molecular flexibility index (Phi) is 6.63. The Balaban J connectivity index is 1.24. The molecule has 2 saturated heterocycles. The van der Waals surface area contributed by atoms with Gasteiger partial charge >= 0.3 is 0 Å². The fourth-order valence-corrected chi connectivity index (χ4v) is 8.63. The first kappa shape index (κ1) is 26.2. The Hall–Kier alpha value is -3.03. The number of carbonyl (C=O) groups excluding carboxylic acids is 2. The molecule has 4 heterocycles. The van der Waals surface area contributed by atoms with E-state index in [1.807, 2.05) is 31.2 Å². The number of pyridine rings is 1. The maximum Gasteiger partial charge on any atom is 0.233 e. The lowest BCUT2D eigenvalue weighted by Gasteiger charge is -2.36. The van der Waals surface area contributed by atoms with Gasteiger partial charge in [0.15, 0.2) is 4.34 Å². The van der Waals surface area contributed by atoms with Crippen LogP contribution in [0.4, 0.5) is 5.69 Å². The van der Waals surface area contributed by atoms with Gasteiger partial charge in [-0.25, -0.2) is 4.98 Å². The number of rotatable bonds is 7. The Bertz CT molecular complexity index is 1670. The highest BCUT2D eigenvalue weighted by Gasteiger charge is 2.67. The predicted octanol–water partition coefficient (Wildman–Crippen LogP) is 6.27. The molecule has 10 heteroatoms. The molecule has 198 valence electrons. The molecule has 0 radical (unpaired) electrons. The smallest absolute Gasteiger partial charge is 0.233 e. The molecule has 2 aliphatic rings. The number of amides is 1. The van der Waals surface area contributed by atoms with Crippen LogP contribution in [0.25, 0.3) is 21.1 Å². The number of thiazole rings is 1. The van der Waals surface area contributed by atoms with E-state index in [1.165, 1.54) is 0 Å². The molecule has 39 heavy (non-hydrogen) atoms. The average Bonchev–Trinajstić information content (AvgIpc) is 3.58. The first-order valence-corrected chi connectivity index (χ1v) is 14.9. The van der Waals surface area contributed by atoms with E-state index in [9.17, 15) is 14.9 Å². The number of benzene rings is 2. The van der Waals surface area contributed by atoms with Crippen molar-refractivity contribution in [1.29, 1.82) is 5.26 Å². The molecule has 7 nitrogen and oxygen atoms in total. The van der Waals surface area contributed by atoms with Gasteiger partial charge in [0.1, 0.15) is 12.4 Å². The number of fused-ring (bicyclic) bond motifs is 4. The molecule has 0 N–H and O–H groups in total. The van der Waals surface area contributed by atoms with Gasteiger partial charge in [-0.2, -0.15) is 5.26 Å². The van der Waals surface area contributed by atoms with Crippen LogP contribution in [0.1, 0.15) is 31.7 Å². The van der Waals surface area contributed by atoms with Crippen molar-refractivity contribution < 1.29 is 14.3 Å². The molecule has 0 saturated carbocycles. The SMILES string of the molecule is CN(C(=O)[C@H]1[C@@H](C=O)[C@]2(CCSc3nc4cc(Cl)ccc4s3)CC[C@@]1(C)O2)c1ccc(C#N)c2ncccc12. The second-order valence-electron chi connectivity index (χ2n) is 10.4. The fourth-order valence-electron chi connectivity index (χ4n) is 6.24. The number of nitriles is 1. The topological polar surface area (TPSA) is 96.2 Å². The predicted molar refractivity (Wildman–Crippen MR) is 154 cm³/mol. The van der Waals surface area contributed by atoms with E-state index in [-0.39, 0.29) is 5.91 Å². The quantitative estimate of drug-likeness (QED) is 0.189. The van der Waals surface area contributed by atoms with Gasteiger partial charge < -0.3 is 14.4 Å². The number of hydrogen-bond donors (Lipinski definition) is 0. The van der Waals surface area contributed by atoms with E-state index in [0.717, 1.165) is 33.0 Å². The third-order valence-corrected chi connectivity index (χ3v) is 10.6. The maximum atomic E-state index is 14.0. The Morgan fingerprint density at radius 2 is 2.18 bits per heavy atom. The van der Waals surface area contributed by atoms with Crippen molar-refractivity contribution in [1.82, 2.24) is 9.97 Å². The summed E-state index contributed by atoms with van der Waals surface area (Å²) in [5, 5.41) is 10.9. The summed E-state index contributed by atoms with van der Waals surface area (Å²) in [7, 11) is 1.72. The Morgan fingerprint density at radius 3 is 2.97 bits per heavy atom. The lowest BCUT2D eigenvalue weighted by molar-refractivity contribution is -0.130. The van der Waals surface area contributed by atoms with Crippen molar-refractivity contribution in [2.24, 2.45) is 11.8 Å². The van der Waals surface area contributed by atoms with E-state index >= 15 is 0 Å². The molecule has 2 bridgehead atoms. The number of thioether (sulfide) groups is 1. The van der Waals surface area contributed by atoms with Crippen LogP contribution in [0.2, 0.25) is 5.02 Å². The number of carbonyl (C=O) groups is 2. The van der Waals surface area contributed by atoms with Crippen LogP contribution in [-0.4, -0.2) is 46.2 Å². The Morgan fingerprint density at radius 1 is 1.33 bits per heavy atom. The van der Waals surface area contributed by atoms with Crippen molar-refractivity contribution in [3.8, 4) is 6.07 Å². The van der Waals surface area contributed by atoms with Crippen LogP contribution in [-0.2, 0) is 14.3 Å². The van der Waals surface area contributed by atoms with Crippen molar-refractivity contribution in [3.05, 3.63) is 59.2 Å². The minimum Gasteiger partial charge on any atom is -0.367 e. The third-order valence-electron chi connectivity index (χ3n) is 8.16. The fraction of sp³-hybridized carbons (Fsp3) is 0.345. The number of aldehydes is 1. The minimum absolute atomic E-state index is 0.165. The highest BCUT2D eigenvalue weighted by Crippen LogP contribution is 2.59. The van der Waals surface area contributed by atoms with Gasteiger partial charge in [0.25, 0.3) is 0 Å². The Labute approximate surface area is 239 Å². The van der Waals surface area contributed by atoms with E-state index in [4.69, 9.17) is 16.3 Å². The summed E-state index contributed by atoms with van der Waals surface area (Å²) in [4.78, 5) is 37.3. The van der Waals surface area contributed by atoms with E-state index in [0.29, 0.717) is 40.0 Å². The van der Waals surface area contributed by atoms with Gasteiger partial charge in [-0.3, -0.25) is 9.78 Å². The van der Waals surface area contributed by atoms with Crippen LogP contribution in [0.15, 0.2) is 53.0 Å². The molecule has 2 aromatic carbocycles. The van der Waals surface area contributed by atoms with Gasteiger partial charge in [-0.15, -0.1) is 11.3 Å². The summed E-state index contributed by atoms with van der Waals surface area (Å²) in [6, 6.07) is 15.0. The monoisotopic (exact) mass is 576 g/mol. The van der Waals surface area contributed by atoms with Crippen molar-refractivity contribution in [2.75, 3.05) is 17.7 Å². The van der Waals surface area contributed by atoms with Gasteiger partial charge in [-0.1, -0.05) is 23.4 Å². The van der Waals surface area contributed by atoms with E-state index in [1.54, 1.807) is 59.4 Å². The highest BCUT2D eigenvalue weighted by atomic mass is 35.5. The van der Waals surface area contributed by atoms with Gasteiger partial charge in [0, 0.05) is 29.4 Å². The third kappa shape index (κ3) is 4.30. The summed E-state index contributed by atoms with van der Waals surface area (Å²) in [5.41, 5.74) is 1.12. The molecule has 2 aliphatic heterocycles. The summed E-state index contributed by atoms with van der Waals surface area (Å²) >= 11 is 9.37. The number of nitrogens with zero attached hydrogens (tertiary/aromatic N) is 4. The normalized spacial score (nSPS) is 25.7. The first-order chi connectivity index (χ1) is 18.8. The van der Waals surface area contributed by atoms with Crippen molar-refractivity contribution in [3.63, 3.8) is 0 Å². The zero-order valence-electron chi connectivity index (χ0n) is 21.4. The first-order valence-electron chi connectivity index (χ1n) is 12.7. The number of anilines is 1. The molecule has 4 aromatic rings. The zero-order valence-corrected chi connectivity index (χ0v) is 23.8. The molecule has 2 aromatic heterocycles. The molecule has 0 unspecified atom stereocenters. The summed E-state index contributed by atoms with van der Waals surface area (Å²) in [6.07, 6.45) is 4.64. The number of halogens is 1. The standard InChI is InChI=1S/C29H25ClN4O3S2/c1-28-9-10-29(37-28,11-13-38-27-33-21-14-18(30)6-8-23(21)39-27)20(16-35)24(28)26(36)34(2)22-7-5-17(15-31)25-19(22)4-3-12-32-25/h3-8,12,14,16,20,24H,9-11,13H2,1-2H3/t20-,24-,28-,29-/m1/s1. The second kappa shape index (κ2) is 9.86. The summed E-state index contributed by atoms with van der Waals surface area (Å²) in [6.45, 7) is 1.96. The largest absolute Gasteiger partial charge is 0.367 e. The lowest BCUT2D eigenvalue weighted by atomic mass is 9.66. The van der Waals surface area contributed by atoms with Crippen LogP contribution in [0, 0.1) is 23.2 Å². The molecule has 1 amide bonds. The molecule has 4 atom stereocenters. The highest BCUT2D eigenvalue weighted by molar-refractivity contribution is 8.01. The average molecular weight is 577 g/mol. The van der Waals surface area contributed by atoms with E-state index < -0.39 is 23.0 Å². The van der Waals surface area contributed by atoms with Crippen LogP contribution >= 0.6 is 34.7 Å². The number of aromatic nitrogens is 2. The van der Waals surface area contributed by atoms with Crippen LogP contribution in [0.5, 0.6) is 0 Å². The summed E-state index contributed by atoms with van der Waals surface area (Å²) in [5.74, 6) is -0.604. The van der Waals surface area contributed by atoms with E-state index in [2.05, 4.69) is 16.0 Å². The van der Waals surface area contributed by atoms with Crippen LogP contribution in [0.3, 0.4) is 0 Å². The molecular weight excluding hydrogens is 552 g/mol. The van der Waals surface area contributed by atoms with Gasteiger partial charge in [-0.05, 0) is 68.7 Å².